The second-order valence-corrected chi connectivity index (χ2v) is 36.9. The van der Waals surface area contributed by atoms with Crippen LogP contribution in [0.3, 0.4) is 0 Å². The maximum Gasteiger partial charge on any atom is 0.265 e. The number of benzene rings is 4. The van der Waals surface area contributed by atoms with E-state index < -0.39 is 23.0 Å². The molecular formula is C108H172N8O20. The molecule has 0 amide bonds. The smallest absolute Gasteiger partial charge is 0.265 e. The van der Waals surface area contributed by atoms with Crippen molar-refractivity contribution in [3.8, 4) is 46.0 Å². The van der Waals surface area contributed by atoms with Gasteiger partial charge in [0.15, 0.2) is 11.5 Å². The van der Waals surface area contributed by atoms with E-state index in [1.807, 2.05) is 48.5 Å². The third kappa shape index (κ3) is 40.0. The summed E-state index contributed by atoms with van der Waals surface area (Å²) in [5.74, 6) is 0.728. The van der Waals surface area contributed by atoms with E-state index >= 15 is 0 Å². The van der Waals surface area contributed by atoms with Gasteiger partial charge in [0.25, 0.3) is 11.5 Å². The van der Waals surface area contributed by atoms with E-state index in [0.29, 0.717) is 119 Å². The lowest BCUT2D eigenvalue weighted by atomic mass is 10.1. The highest BCUT2D eigenvalue weighted by Crippen LogP contribution is 2.58. The molecule has 0 unspecified atom stereocenters. The van der Waals surface area contributed by atoms with Crippen molar-refractivity contribution < 1.29 is 98.4 Å². The lowest BCUT2D eigenvalue weighted by molar-refractivity contribution is -0.618. The van der Waals surface area contributed by atoms with Crippen LogP contribution in [-0.4, -0.2) is 72.8 Å². The fourth-order valence-corrected chi connectivity index (χ4v) is 17.5. The van der Waals surface area contributed by atoms with Crippen LogP contribution in [0, 0.1) is 0 Å². The molecule has 28 nitrogen and oxygen atoms in total. The van der Waals surface area contributed by atoms with E-state index in [2.05, 4.69) is 75.3 Å². The number of nitrogens with zero attached hydrogens (tertiary/aromatic N) is 4. The van der Waals surface area contributed by atoms with Gasteiger partial charge in [-0.15, -0.1) is 0 Å². The number of aromatic nitrogens is 4. The first kappa shape index (κ1) is 112. The van der Waals surface area contributed by atoms with Crippen LogP contribution in [0.15, 0.2) is 68.5 Å². The van der Waals surface area contributed by atoms with Crippen LogP contribution in [-0.2, 0) is 59.9 Å². The summed E-state index contributed by atoms with van der Waals surface area (Å²) in [4.78, 5) is 85.4. The molecule has 4 N–H and O–H groups in total. The van der Waals surface area contributed by atoms with Gasteiger partial charge in [0.1, 0.15) is 45.2 Å². The highest BCUT2D eigenvalue weighted by Gasteiger charge is 2.37. The Morgan fingerprint density at radius 2 is 0.382 bits per heavy atom. The summed E-state index contributed by atoms with van der Waals surface area (Å²) >= 11 is 0. The highest BCUT2D eigenvalue weighted by atomic mass is 17.7. The largest absolute Gasteiger partial charge is 0.489 e. The van der Waals surface area contributed by atoms with Gasteiger partial charge >= 0.3 is 0 Å². The number of H-pyrrole nitrogens is 4. The number of rotatable bonds is 88. The number of hydrogen-bond acceptors (Lipinski definition) is 24. The molecular weight excluding hydrogens is 1730 g/mol. The Bertz CT molecular complexity index is 4720. The molecule has 8 bridgehead atoms. The van der Waals surface area contributed by atoms with Crippen LogP contribution in [0.2, 0.25) is 0 Å². The second kappa shape index (κ2) is 71.6. The van der Waals surface area contributed by atoms with Gasteiger partial charge < -0.3 is 48.7 Å². The molecule has 0 saturated heterocycles. The van der Waals surface area contributed by atoms with E-state index in [1.54, 1.807) is 0 Å². The molecule has 4 aromatic carbocycles. The summed E-state index contributed by atoms with van der Waals surface area (Å²) in [5.41, 5.74) is 1.34. The monoisotopic (exact) mass is 1900 g/mol. The summed E-state index contributed by atoms with van der Waals surface area (Å²) in [5, 5.41) is 48.3. The fraction of sp³-hybridized carbons (Fsp3) is 0.704. The van der Waals surface area contributed by atoms with Gasteiger partial charge in [-0.25, -0.2) is 39.5 Å². The first-order valence-electron chi connectivity index (χ1n) is 54.0. The Morgan fingerprint density at radius 1 is 0.176 bits per heavy atom. The molecule has 764 valence electrons. The standard InChI is InChI=1S/C108H172N8O20/c1-9-17-25-33-37-41-45-49-57-65-77-117-93-89-90(94(118-78-66-58-50-46-42-38-34-26-18-10-2)98(120-80-68-60-52-48-44-40-36-28-20-12-4)97(93)119-79-67-59-51-47-43-39-35-27-19-11-3)106-114-105(89)112-103-87-75-63-61-73-85(87)101(110-103)109-102-86-74-62-64-76-88(86)104(111-102)113-107-91-92(108(115-106)116-107)96(126-134-130-122-82-70-54-30-22-14-6)100(128-136-132-124-84-72-56-32-24-16-8)99(127-135-131-123-83-71-55-31-23-15-7)95(91)125-133-129-121-81-69-53-29-21-13-5/h61-64,73-76H,9-60,65-72,77-84H2,1-8H3,(H4,109,110,111,112,113,114,115,116). The molecule has 0 saturated carbocycles. The van der Waals surface area contributed by atoms with Gasteiger partial charge in [-0.3, -0.25) is 9.78 Å². The zero-order chi connectivity index (χ0) is 95.4. The number of nitrogens with one attached hydrogen (secondary N) is 4. The minimum absolute atomic E-state index is 0.0136. The van der Waals surface area contributed by atoms with Crippen LogP contribution in [0.25, 0.3) is 43.1 Å². The fourth-order valence-electron chi connectivity index (χ4n) is 17.5. The summed E-state index contributed by atoms with van der Waals surface area (Å²) in [6.07, 6.45) is 64.5. The van der Waals surface area contributed by atoms with Crippen molar-refractivity contribution in [1.29, 1.82) is 0 Å². The first-order chi connectivity index (χ1) is 67.4. The molecule has 9 rings (SSSR count). The zero-order valence-corrected chi connectivity index (χ0v) is 84.7. The SMILES string of the molecule is CCCCCCCCCCCCOc1c(OCCCCCCCCCCCC)c(OCCCCCCCCCCCC)c2c3[nH]c(c2c1OCCCCCCCCCCCC)=Nc1[nH]c(c2ccccc12)N=c1[nH]c(c2ccccc12)=Nc1[nH]c(c2c(OOOOCCCCCCC)c(OOOOCCCCCCC)c(OOOOCCCCCCC)c(OOOOCCCCCCC)c12)N=3. The topological polar surface area (TPSA) is 297 Å². The first-order valence-corrected chi connectivity index (χ1v) is 54.0. The predicted molar refractivity (Wildman–Crippen MR) is 536 cm³/mol. The average molecular weight is 1900 g/mol. The highest BCUT2D eigenvalue weighted by molar-refractivity contribution is 6.11. The van der Waals surface area contributed by atoms with Crippen LogP contribution >= 0.6 is 0 Å². The minimum Gasteiger partial charge on any atom is -0.489 e. The quantitative estimate of drug-likeness (QED) is 0.0156. The van der Waals surface area contributed by atoms with Crippen LogP contribution < -0.4 is 60.4 Å². The summed E-state index contributed by atoms with van der Waals surface area (Å²) in [6, 6.07) is 15.9. The van der Waals surface area contributed by atoms with Gasteiger partial charge in [0, 0.05) is 41.7 Å². The number of aromatic amines is 4. The van der Waals surface area contributed by atoms with E-state index in [4.69, 9.17) is 118 Å². The number of unbranched alkanes of at least 4 members (excludes halogenated alkanes) is 52. The summed E-state index contributed by atoms with van der Waals surface area (Å²) < 4.78 is 30.1. The summed E-state index contributed by atoms with van der Waals surface area (Å²) in [7, 11) is 0. The van der Waals surface area contributed by atoms with Gasteiger partial charge in [-0.05, 0) is 71.5 Å². The third-order valence-electron chi connectivity index (χ3n) is 25.4. The van der Waals surface area contributed by atoms with Crippen LogP contribution in [0.1, 0.15) is 441 Å². The Labute approximate surface area is 810 Å². The third-order valence-corrected chi connectivity index (χ3v) is 25.4. The normalized spacial score (nSPS) is 12.1. The van der Waals surface area contributed by atoms with Crippen molar-refractivity contribution in [2.24, 2.45) is 20.0 Å². The van der Waals surface area contributed by atoms with E-state index in [-0.39, 0.29) is 54.3 Å². The number of ether oxygens (including phenoxy) is 4. The van der Waals surface area contributed by atoms with Crippen LogP contribution in [0.4, 0.5) is 23.3 Å². The molecule has 1 aliphatic heterocycles. The molecule has 0 fully saturated rings. The lowest BCUT2D eigenvalue weighted by Gasteiger charge is -2.22. The van der Waals surface area contributed by atoms with Crippen molar-refractivity contribution >= 4 is 66.4 Å². The molecule has 8 aromatic rings. The van der Waals surface area contributed by atoms with Gasteiger partial charge in [0.2, 0.25) is 23.0 Å². The number of fused-ring (bicyclic) bond motifs is 20. The Morgan fingerprint density at radius 3 is 0.662 bits per heavy atom. The Hall–Kier alpha value is -7.84. The van der Waals surface area contributed by atoms with Crippen molar-refractivity contribution in [1.82, 2.24) is 19.9 Å². The maximum atomic E-state index is 7.59. The van der Waals surface area contributed by atoms with Crippen molar-refractivity contribution in [2.45, 2.75) is 441 Å². The van der Waals surface area contributed by atoms with Crippen molar-refractivity contribution in [3.63, 3.8) is 0 Å². The second-order valence-electron chi connectivity index (χ2n) is 36.9. The Kier molecular flexibility index (Phi) is 58.8. The van der Waals surface area contributed by atoms with E-state index in [9.17, 15) is 0 Å². The minimum atomic E-state index is -0.559. The predicted octanol–water partition coefficient (Wildman–Crippen LogP) is 31.5. The molecule has 0 atom stereocenters. The van der Waals surface area contributed by atoms with E-state index in [1.165, 1.54) is 154 Å². The van der Waals surface area contributed by atoms with E-state index in [0.717, 1.165) is 222 Å². The molecule has 0 radical (unpaired) electrons. The van der Waals surface area contributed by atoms with Crippen molar-refractivity contribution in [2.75, 3.05) is 52.9 Å². The molecule has 28 heteroatoms. The lowest BCUT2D eigenvalue weighted by Crippen LogP contribution is -2.12. The summed E-state index contributed by atoms with van der Waals surface area (Å²) in [6.45, 7) is 19.7. The zero-order valence-electron chi connectivity index (χ0n) is 84.7. The van der Waals surface area contributed by atoms with Gasteiger partial charge in [-0.1, -0.05) is 438 Å². The van der Waals surface area contributed by atoms with Crippen LogP contribution in [0.5, 0.6) is 46.0 Å². The number of hydrogen-bond donors (Lipinski definition) is 4. The molecule has 4 aromatic heterocycles. The molecule has 1 aliphatic rings. The average Bonchev–Trinajstić information content (AvgIpc) is 1.56. The molecule has 0 spiro atoms. The maximum absolute atomic E-state index is 7.59. The van der Waals surface area contributed by atoms with Gasteiger partial charge in [0.05, 0.1) is 74.4 Å². The van der Waals surface area contributed by atoms with Crippen molar-refractivity contribution in [3.05, 3.63) is 70.5 Å². The van der Waals surface area contributed by atoms with Gasteiger partial charge in [-0.2, -0.15) is 0 Å². The molecule has 0 aliphatic carbocycles. The molecule has 5 heterocycles. The molecule has 136 heavy (non-hydrogen) atoms. The Balaban J connectivity index is 1.38.